The van der Waals surface area contributed by atoms with Gasteiger partial charge in [0.25, 0.3) is 0 Å². The van der Waals surface area contributed by atoms with Crippen molar-refractivity contribution >= 4 is 5.91 Å². The van der Waals surface area contributed by atoms with Gasteiger partial charge >= 0.3 is 0 Å². The largest absolute Gasteiger partial charge is 0.343 e. The molecule has 1 unspecified atom stereocenters. The highest BCUT2D eigenvalue weighted by Crippen LogP contribution is 2.22. The zero-order valence-electron chi connectivity index (χ0n) is 12.5. The first-order valence-corrected chi connectivity index (χ1v) is 8.26. The van der Waals surface area contributed by atoms with Crippen LogP contribution in [-0.4, -0.2) is 36.5 Å². The summed E-state index contributed by atoms with van der Waals surface area (Å²) in [7, 11) is 2.02. The number of rotatable bonds is 4. The van der Waals surface area contributed by atoms with E-state index in [9.17, 15) is 4.79 Å². The molecule has 19 heavy (non-hydrogen) atoms. The predicted octanol–water partition coefficient (Wildman–Crippen LogP) is 3.09. The van der Waals surface area contributed by atoms with E-state index in [-0.39, 0.29) is 0 Å². The van der Waals surface area contributed by atoms with Crippen LogP contribution in [0.25, 0.3) is 0 Å². The van der Waals surface area contributed by atoms with E-state index in [1.54, 1.807) is 0 Å². The SMILES string of the molecule is CN(C(=O)CCC1CCCCN1)C1CCCCCC1. The zero-order chi connectivity index (χ0) is 13.5. The number of nitrogens with zero attached hydrogens (tertiary/aromatic N) is 1. The standard InChI is InChI=1S/C16H30N2O/c1-18(15-9-4-2-3-5-10-15)16(19)12-11-14-8-6-7-13-17-14/h14-15,17H,2-13H2,1H3. The molecule has 1 heterocycles. The molecular formula is C16H30N2O. The summed E-state index contributed by atoms with van der Waals surface area (Å²) in [6.45, 7) is 1.14. The van der Waals surface area contributed by atoms with E-state index in [2.05, 4.69) is 5.32 Å². The molecule has 2 rings (SSSR count). The minimum Gasteiger partial charge on any atom is -0.343 e. The van der Waals surface area contributed by atoms with Crippen LogP contribution in [0.1, 0.15) is 70.6 Å². The van der Waals surface area contributed by atoms with Gasteiger partial charge < -0.3 is 10.2 Å². The highest BCUT2D eigenvalue weighted by Gasteiger charge is 2.22. The van der Waals surface area contributed by atoms with Gasteiger partial charge in [0.1, 0.15) is 0 Å². The highest BCUT2D eigenvalue weighted by atomic mass is 16.2. The highest BCUT2D eigenvalue weighted by molar-refractivity contribution is 5.76. The van der Waals surface area contributed by atoms with Gasteiger partial charge in [0.15, 0.2) is 0 Å². The third-order valence-electron chi connectivity index (χ3n) is 4.88. The molecule has 1 saturated carbocycles. The van der Waals surface area contributed by atoms with E-state index >= 15 is 0 Å². The Hall–Kier alpha value is -0.570. The van der Waals surface area contributed by atoms with Gasteiger partial charge in [-0.3, -0.25) is 4.79 Å². The molecule has 1 aliphatic carbocycles. The summed E-state index contributed by atoms with van der Waals surface area (Å²) in [5, 5.41) is 3.53. The van der Waals surface area contributed by atoms with E-state index < -0.39 is 0 Å². The van der Waals surface area contributed by atoms with Crippen LogP contribution in [0.4, 0.5) is 0 Å². The van der Waals surface area contributed by atoms with Gasteiger partial charge in [0.2, 0.25) is 5.91 Å². The molecule has 1 N–H and O–H groups in total. The fourth-order valence-corrected chi connectivity index (χ4v) is 3.49. The first-order chi connectivity index (χ1) is 9.27. The average molecular weight is 266 g/mol. The quantitative estimate of drug-likeness (QED) is 0.793. The average Bonchev–Trinajstić information content (AvgIpc) is 2.74. The molecule has 3 nitrogen and oxygen atoms in total. The smallest absolute Gasteiger partial charge is 0.222 e. The number of hydrogen-bond acceptors (Lipinski definition) is 2. The third-order valence-corrected chi connectivity index (χ3v) is 4.88. The minimum absolute atomic E-state index is 0.360. The molecule has 110 valence electrons. The number of piperidine rings is 1. The molecular weight excluding hydrogens is 236 g/mol. The third kappa shape index (κ3) is 4.79. The summed E-state index contributed by atoms with van der Waals surface area (Å²) in [4.78, 5) is 14.3. The lowest BCUT2D eigenvalue weighted by atomic mass is 10.00. The lowest BCUT2D eigenvalue weighted by Gasteiger charge is -2.29. The van der Waals surface area contributed by atoms with E-state index in [1.165, 1.54) is 57.8 Å². The molecule has 0 aromatic heterocycles. The van der Waals surface area contributed by atoms with Crippen LogP contribution < -0.4 is 5.32 Å². The van der Waals surface area contributed by atoms with Crippen LogP contribution in [0.5, 0.6) is 0 Å². The van der Waals surface area contributed by atoms with E-state index in [4.69, 9.17) is 0 Å². The molecule has 2 aliphatic rings. The molecule has 0 bridgehead atoms. The summed E-state index contributed by atoms with van der Waals surface area (Å²) in [6, 6.07) is 1.09. The topological polar surface area (TPSA) is 32.3 Å². The van der Waals surface area contributed by atoms with Crippen LogP contribution in [0.3, 0.4) is 0 Å². The summed E-state index contributed by atoms with van der Waals surface area (Å²) >= 11 is 0. The maximum atomic E-state index is 12.3. The predicted molar refractivity (Wildman–Crippen MR) is 79.1 cm³/mol. The Bertz CT molecular complexity index is 266. The number of carbonyl (C=O) groups is 1. The molecule has 0 radical (unpaired) electrons. The molecule has 1 amide bonds. The second-order valence-corrected chi connectivity index (χ2v) is 6.34. The van der Waals surface area contributed by atoms with Gasteiger partial charge in [-0.15, -0.1) is 0 Å². The number of carbonyl (C=O) groups excluding carboxylic acids is 1. The number of nitrogens with one attached hydrogen (secondary N) is 1. The monoisotopic (exact) mass is 266 g/mol. The first-order valence-electron chi connectivity index (χ1n) is 8.26. The second kappa shape index (κ2) is 7.88. The van der Waals surface area contributed by atoms with Gasteiger partial charge in [-0.25, -0.2) is 0 Å². The van der Waals surface area contributed by atoms with Gasteiger partial charge in [-0.2, -0.15) is 0 Å². The van der Waals surface area contributed by atoms with Gasteiger partial charge in [0.05, 0.1) is 0 Å². The second-order valence-electron chi connectivity index (χ2n) is 6.34. The van der Waals surface area contributed by atoms with Crippen molar-refractivity contribution in [3.63, 3.8) is 0 Å². The van der Waals surface area contributed by atoms with Crippen molar-refractivity contribution in [3.05, 3.63) is 0 Å². The molecule has 0 spiro atoms. The van der Waals surface area contributed by atoms with Crippen LogP contribution in [0, 0.1) is 0 Å². The lowest BCUT2D eigenvalue weighted by molar-refractivity contribution is -0.132. The summed E-state index contributed by atoms with van der Waals surface area (Å²) in [6.07, 6.45) is 13.3. The molecule has 0 aromatic rings. The normalized spacial score (nSPS) is 25.8. The minimum atomic E-state index is 0.360. The molecule has 1 saturated heterocycles. The number of hydrogen-bond donors (Lipinski definition) is 1. The Morgan fingerprint density at radius 3 is 2.37 bits per heavy atom. The van der Waals surface area contributed by atoms with Crippen LogP contribution >= 0.6 is 0 Å². The van der Waals surface area contributed by atoms with Crippen molar-refractivity contribution in [2.75, 3.05) is 13.6 Å². The molecule has 3 heteroatoms. The zero-order valence-corrected chi connectivity index (χ0v) is 12.5. The molecule has 2 fully saturated rings. The fourth-order valence-electron chi connectivity index (χ4n) is 3.49. The Labute approximate surface area is 118 Å². The van der Waals surface area contributed by atoms with E-state index in [1.807, 2.05) is 11.9 Å². The van der Waals surface area contributed by atoms with Crippen molar-refractivity contribution in [2.24, 2.45) is 0 Å². The first kappa shape index (κ1) is 14.8. The van der Waals surface area contributed by atoms with Crippen molar-refractivity contribution in [1.82, 2.24) is 10.2 Å². The van der Waals surface area contributed by atoms with Crippen LogP contribution in [0.15, 0.2) is 0 Å². The Morgan fingerprint density at radius 2 is 1.74 bits per heavy atom. The van der Waals surface area contributed by atoms with Crippen LogP contribution in [0.2, 0.25) is 0 Å². The van der Waals surface area contributed by atoms with Gasteiger partial charge in [-0.1, -0.05) is 32.1 Å². The summed E-state index contributed by atoms with van der Waals surface area (Å²) in [5.74, 6) is 0.360. The van der Waals surface area contributed by atoms with Crippen molar-refractivity contribution < 1.29 is 4.79 Å². The van der Waals surface area contributed by atoms with Crippen LogP contribution in [-0.2, 0) is 4.79 Å². The Balaban J connectivity index is 1.71. The van der Waals surface area contributed by atoms with E-state index in [0.29, 0.717) is 18.0 Å². The van der Waals surface area contributed by atoms with Gasteiger partial charge in [0, 0.05) is 25.6 Å². The maximum Gasteiger partial charge on any atom is 0.222 e. The van der Waals surface area contributed by atoms with E-state index in [0.717, 1.165) is 19.4 Å². The molecule has 1 atom stereocenters. The summed E-state index contributed by atoms with van der Waals surface area (Å²) < 4.78 is 0. The lowest BCUT2D eigenvalue weighted by Crippen LogP contribution is -2.39. The number of amides is 1. The fraction of sp³-hybridized carbons (Fsp3) is 0.938. The Morgan fingerprint density at radius 1 is 1.05 bits per heavy atom. The summed E-state index contributed by atoms with van der Waals surface area (Å²) in [5.41, 5.74) is 0. The van der Waals surface area contributed by atoms with Crippen molar-refractivity contribution in [2.45, 2.75) is 82.7 Å². The molecule has 1 aliphatic heterocycles. The van der Waals surface area contributed by atoms with Crippen molar-refractivity contribution in [3.8, 4) is 0 Å². The van der Waals surface area contributed by atoms with Crippen molar-refractivity contribution in [1.29, 1.82) is 0 Å². The molecule has 0 aromatic carbocycles. The maximum absolute atomic E-state index is 12.3. The van der Waals surface area contributed by atoms with Gasteiger partial charge in [-0.05, 0) is 38.6 Å². The Kier molecular flexibility index (Phi) is 6.15.